The maximum absolute atomic E-state index is 10.9. The summed E-state index contributed by atoms with van der Waals surface area (Å²) in [6, 6.07) is 0. The molecule has 1 unspecified atom stereocenters. The van der Waals surface area contributed by atoms with E-state index >= 15 is 0 Å². The van der Waals surface area contributed by atoms with Crippen LogP contribution in [0.4, 0.5) is 0 Å². The second kappa shape index (κ2) is 2.11. The predicted molar refractivity (Wildman–Crippen MR) is 36.4 cm³/mol. The highest BCUT2D eigenvalue weighted by Gasteiger charge is 2.27. The molecule has 1 heterocycles. The zero-order valence-electron chi connectivity index (χ0n) is 5.80. The Morgan fingerprint density at radius 2 is 2.50 bits per heavy atom. The Balaban J connectivity index is 2.14. The minimum Gasteiger partial charge on any atom is -0.501 e. The van der Waals surface area contributed by atoms with Crippen molar-refractivity contribution < 1.29 is 9.53 Å². The van der Waals surface area contributed by atoms with Crippen molar-refractivity contribution in [2.45, 2.75) is 19.3 Å². The minimum atomic E-state index is 0.369. The first-order valence-corrected chi connectivity index (χ1v) is 3.68. The number of rotatable bonds is 0. The first kappa shape index (κ1) is 5.96. The van der Waals surface area contributed by atoms with Crippen LogP contribution in [0.3, 0.4) is 0 Å². The Morgan fingerprint density at radius 1 is 1.60 bits per heavy atom. The number of carbonyl (C=O) groups excluding carboxylic acids is 1. The lowest BCUT2D eigenvalue weighted by atomic mass is 9.86. The number of hydrogen-bond acceptors (Lipinski definition) is 2. The lowest BCUT2D eigenvalue weighted by molar-refractivity contribution is -0.119. The van der Waals surface area contributed by atoms with Crippen LogP contribution in [-0.2, 0) is 9.53 Å². The molecule has 2 nitrogen and oxygen atoms in total. The Morgan fingerprint density at radius 3 is 3.40 bits per heavy atom. The number of Topliss-reactive ketones (excluding diaryl/α,β-unsaturated/α-hetero) is 1. The van der Waals surface area contributed by atoms with Crippen LogP contribution in [0.15, 0.2) is 11.8 Å². The third-order valence-corrected chi connectivity index (χ3v) is 2.23. The molecule has 1 fully saturated rings. The quantitative estimate of drug-likeness (QED) is 0.504. The molecule has 2 rings (SSSR count). The molecule has 0 N–H and O–H groups in total. The third-order valence-electron chi connectivity index (χ3n) is 2.23. The van der Waals surface area contributed by atoms with Crippen molar-refractivity contribution >= 4 is 5.78 Å². The molecule has 2 heteroatoms. The summed E-state index contributed by atoms with van der Waals surface area (Å²) in [4.78, 5) is 10.9. The molecular formula is C8H10O2. The van der Waals surface area contributed by atoms with Crippen molar-refractivity contribution in [3.05, 3.63) is 11.8 Å². The maximum atomic E-state index is 10.9. The number of ketones is 1. The second-order valence-corrected chi connectivity index (χ2v) is 2.98. The van der Waals surface area contributed by atoms with E-state index in [0.717, 1.165) is 19.4 Å². The first-order valence-electron chi connectivity index (χ1n) is 3.68. The van der Waals surface area contributed by atoms with Gasteiger partial charge in [0, 0.05) is 18.8 Å². The van der Waals surface area contributed by atoms with Crippen LogP contribution in [0, 0.1) is 5.92 Å². The largest absolute Gasteiger partial charge is 0.501 e. The molecule has 0 aromatic heterocycles. The van der Waals surface area contributed by atoms with Crippen molar-refractivity contribution in [1.29, 1.82) is 0 Å². The van der Waals surface area contributed by atoms with Gasteiger partial charge in [-0.2, -0.15) is 0 Å². The van der Waals surface area contributed by atoms with E-state index in [1.54, 1.807) is 6.26 Å². The second-order valence-electron chi connectivity index (χ2n) is 2.98. The summed E-state index contributed by atoms with van der Waals surface area (Å²) < 4.78 is 5.13. The molecule has 0 aromatic rings. The van der Waals surface area contributed by atoms with E-state index in [2.05, 4.69) is 0 Å². The van der Waals surface area contributed by atoms with Crippen molar-refractivity contribution in [2.24, 2.45) is 5.92 Å². The van der Waals surface area contributed by atoms with E-state index in [-0.39, 0.29) is 0 Å². The van der Waals surface area contributed by atoms with Crippen LogP contribution >= 0.6 is 0 Å². The van der Waals surface area contributed by atoms with Gasteiger partial charge in [0.1, 0.15) is 5.78 Å². The average molecular weight is 138 g/mol. The Labute approximate surface area is 59.9 Å². The average Bonchev–Trinajstić information content (AvgIpc) is 2.33. The SMILES string of the molecule is O=C1CCC2COC=C2C1. The van der Waals surface area contributed by atoms with Crippen LogP contribution in [0.25, 0.3) is 0 Å². The van der Waals surface area contributed by atoms with Crippen molar-refractivity contribution in [3.8, 4) is 0 Å². The van der Waals surface area contributed by atoms with Gasteiger partial charge in [-0.1, -0.05) is 0 Å². The monoisotopic (exact) mass is 138 g/mol. The summed E-state index contributed by atoms with van der Waals surface area (Å²) in [5, 5.41) is 0. The summed E-state index contributed by atoms with van der Waals surface area (Å²) in [6.45, 7) is 0.808. The van der Waals surface area contributed by atoms with Crippen LogP contribution in [0.5, 0.6) is 0 Å². The Bertz CT molecular complexity index is 193. The molecule has 0 aromatic carbocycles. The summed E-state index contributed by atoms with van der Waals surface area (Å²) in [7, 11) is 0. The maximum Gasteiger partial charge on any atom is 0.137 e. The highest BCUT2D eigenvalue weighted by molar-refractivity contribution is 5.82. The van der Waals surface area contributed by atoms with Gasteiger partial charge in [-0.15, -0.1) is 0 Å². The van der Waals surface area contributed by atoms with E-state index in [1.807, 2.05) is 0 Å². The van der Waals surface area contributed by atoms with Crippen LogP contribution in [0.2, 0.25) is 0 Å². The van der Waals surface area contributed by atoms with Gasteiger partial charge in [0.25, 0.3) is 0 Å². The molecule has 0 spiro atoms. The fourth-order valence-electron chi connectivity index (χ4n) is 1.58. The topological polar surface area (TPSA) is 26.3 Å². The zero-order valence-corrected chi connectivity index (χ0v) is 5.80. The summed E-state index contributed by atoms with van der Waals surface area (Å²) in [5.74, 6) is 0.936. The van der Waals surface area contributed by atoms with Gasteiger partial charge in [-0.25, -0.2) is 0 Å². The first-order chi connectivity index (χ1) is 4.86. The molecule has 10 heavy (non-hydrogen) atoms. The van der Waals surface area contributed by atoms with Gasteiger partial charge in [0.2, 0.25) is 0 Å². The zero-order chi connectivity index (χ0) is 6.97. The lowest BCUT2D eigenvalue weighted by Crippen LogP contribution is -2.16. The normalized spacial score (nSPS) is 31.0. The van der Waals surface area contributed by atoms with Crippen molar-refractivity contribution in [2.75, 3.05) is 6.61 Å². The number of ether oxygens (including phenoxy) is 1. The molecule has 1 atom stereocenters. The highest BCUT2D eigenvalue weighted by Crippen LogP contribution is 2.31. The van der Waals surface area contributed by atoms with Crippen LogP contribution in [-0.4, -0.2) is 12.4 Å². The molecule has 0 saturated heterocycles. The van der Waals surface area contributed by atoms with Gasteiger partial charge in [-0.3, -0.25) is 4.79 Å². The van der Waals surface area contributed by atoms with E-state index in [1.165, 1.54) is 5.57 Å². The van der Waals surface area contributed by atoms with Crippen molar-refractivity contribution in [1.82, 2.24) is 0 Å². The molecule has 54 valence electrons. The number of hydrogen-bond donors (Lipinski definition) is 0. The molecule has 2 aliphatic rings. The molecule has 1 aliphatic carbocycles. The van der Waals surface area contributed by atoms with Gasteiger partial charge < -0.3 is 4.74 Å². The van der Waals surface area contributed by atoms with E-state index < -0.39 is 0 Å². The number of fused-ring (bicyclic) bond motifs is 1. The summed E-state index contributed by atoms with van der Waals surface area (Å²) in [5.41, 5.74) is 1.22. The minimum absolute atomic E-state index is 0.369. The molecular weight excluding hydrogens is 128 g/mol. The summed E-state index contributed by atoms with van der Waals surface area (Å²) in [6.07, 6.45) is 4.17. The molecule has 1 saturated carbocycles. The molecule has 0 bridgehead atoms. The predicted octanol–water partition coefficient (Wildman–Crippen LogP) is 1.27. The van der Waals surface area contributed by atoms with E-state index in [0.29, 0.717) is 18.1 Å². The number of carbonyl (C=O) groups is 1. The summed E-state index contributed by atoms with van der Waals surface area (Å²) >= 11 is 0. The van der Waals surface area contributed by atoms with Gasteiger partial charge in [0.05, 0.1) is 12.9 Å². The van der Waals surface area contributed by atoms with Crippen LogP contribution < -0.4 is 0 Å². The fourth-order valence-corrected chi connectivity index (χ4v) is 1.58. The van der Waals surface area contributed by atoms with Crippen LogP contribution in [0.1, 0.15) is 19.3 Å². The standard InChI is InChI=1S/C8H10O2/c9-8-2-1-6-4-10-5-7(6)3-8/h5-6H,1-4H2. The third kappa shape index (κ3) is 0.838. The van der Waals surface area contributed by atoms with Gasteiger partial charge in [0.15, 0.2) is 0 Å². The Hall–Kier alpha value is -0.790. The molecule has 1 aliphatic heterocycles. The fraction of sp³-hybridized carbons (Fsp3) is 0.625. The van der Waals surface area contributed by atoms with E-state index in [4.69, 9.17) is 4.74 Å². The van der Waals surface area contributed by atoms with Crippen molar-refractivity contribution in [3.63, 3.8) is 0 Å². The smallest absolute Gasteiger partial charge is 0.137 e. The van der Waals surface area contributed by atoms with Gasteiger partial charge >= 0.3 is 0 Å². The molecule has 0 amide bonds. The lowest BCUT2D eigenvalue weighted by Gasteiger charge is -2.16. The highest BCUT2D eigenvalue weighted by atomic mass is 16.5. The van der Waals surface area contributed by atoms with E-state index in [9.17, 15) is 4.79 Å². The Kier molecular flexibility index (Phi) is 1.26. The molecule has 0 radical (unpaired) electrons. The van der Waals surface area contributed by atoms with Gasteiger partial charge in [-0.05, 0) is 12.0 Å².